The third-order valence-corrected chi connectivity index (χ3v) is 1.84. The molecule has 68 valence electrons. The lowest BCUT2D eigenvalue weighted by Crippen LogP contribution is -1.99. The van der Waals surface area contributed by atoms with Gasteiger partial charge in [0, 0.05) is 19.1 Å². The number of ether oxygens (including phenoxy) is 1. The maximum absolute atomic E-state index is 4.97. The highest BCUT2D eigenvalue weighted by atomic mass is 16.5. The molecule has 1 heterocycles. The van der Waals surface area contributed by atoms with E-state index in [2.05, 4.69) is 19.0 Å². The summed E-state index contributed by atoms with van der Waals surface area (Å²) in [5.41, 5.74) is 2.21. The van der Waals surface area contributed by atoms with Gasteiger partial charge in [-0.3, -0.25) is 0 Å². The van der Waals surface area contributed by atoms with Gasteiger partial charge in [-0.2, -0.15) is 0 Å². The van der Waals surface area contributed by atoms with Crippen molar-refractivity contribution >= 4 is 0 Å². The normalized spacial score (nSPS) is 11.0. The van der Waals surface area contributed by atoms with Crippen LogP contribution in [0.2, 0.25) is 0 Å². The average molecular weight is 169 g/mol. The van der Waals surface area contributed by atoms with E-state index >= 15 is 0 Å². The van der Waals surface area contributed by atoms with Crippen LogP contribution in [-0.4, -0.2) is 18.9 Å². The smallest absolute Gasteiger partial charge is 0.127 e. The number of rotatable bonds is 4. The zero-order valence-electron chi connectivity index (χ0n) is 7.83. The maximum atomic E-state index is 4.97. The van der Waals surface area contributed by atoms with Gasteiger partial charge in [-0.15, -0.1) is 0 Å². The number of hydrogen-bond acceptors (Lipinski definition) is 3. The third kappa shape index (κ3) is 2.08. The maximum Gasteiger partial charge on any atom is 0.127 e. The fraction of sp³-hybridized carbons (Fsp3) is 0.667. The van der Waals surface area contributed by atoms with E-state index in [1.807, 2.05) is 0 Å². The summed E-state index contributed by atoms with van der Waals surface area (Å²) in [6.07, 6.45) is 2.55. The molecular weight excluding hydrogens is 154 g/mol. The Labute approximate surface area is 72.7 Å². The second kappa shape index (κ2) is 4.26. The molecule has 0 saturated heterocycles. The van der Waals surface area contributed by atoms with Crippen LogP contribution in [0.15, 0.2) is 10.8 Å². The lowest BCUT2D eigenvalue weighted by molar-refractivity contribution is 0.200. The molecule has 1 aromatic rings. The minimum atomic E-state index is 0.475. The van der Waals surface area contributed by atoms with Crippen LogP contribution in [0.1, 0.15) is 31.0 Å². The van der Waals surface area contributed by atoms with Gasteiger partial charge in [-0.05, 0) is 5.92 Å². The van der Waals surface area contributed by atoms with Crippen molar-refractivity contribution in [3.8, 4) is 0 Å². The minimum absolute atomic E-state index is 0.475. The predicted molar refractivity (Wildman–Crippen MR) is 46.2 cm³/mol. The Bertz CT molecular complexity index is 230. The summed E-state index contributed by atoms with van der Waals surface area (Å²) in [7, 11) is 1.69. The molecule has 0 spiro atoms. The van der Waals surface area contributed by atoms with E-state index in [9.17, 15) is 0 Å². The van der Waals surface area contributed by atoms with Gasteiger partial charge in [-0.1, -0.05) is 19.0 Å². The highest BCUT2D eigenvalue weighted by Gasteiger charge is 2.10. The molecule has 0 unspecified atom stereocenters. The van der Waals surface area contributed by atoms with E-state index in [0.717, 1.165) is 12.1 Å². The van der Waals surface area contributed by atoms with Crippen LogP contribution in [0.5, 0.6) is 0 Å². The molecule has 3 nitrogen and oxygen atoms in total. The van der Waals surface area contributed by atoms with E-state index in [4.69, 9.17) is 9.26 Å². The molecule has 0 fully saturated rings. The number of nitrogens with zero attached hydrogens (tertiary/aromatic N) is 1. The lowest BCUT2D eigenvalue weighted by Gasteiger charge is -2.02. The topological polar surface area (TPSA) is 35.3 Å². The van der Waals surface area contributed by atoms with Crippen LogP contribution >= 0.6 is 0 Å². The van der Waals surface area contributed by atoms with Crippen LogP contribution in [0.25, 0.3) is 0 Å². The quantitative estimate of drug-likeness (QED) is 0.691. The largest absolute Gasteiger partial charge is 0.384 e. The zero-order chi connectivity index (χ0) is 8.97. The Kier molecular flexibility index (Phi) is 3.29. The third-order valence-electron chi connectivity index (χ3n) is 1.84. The van der Waals surface area contributed by atoms with Crippen LogP contribution in [0.4, 0.5) is 0 Å². The Balaban J connectivity index is 2.64. The molecule has 0 aliphatic heterocycles. The average Bonchev–Trinajstić information content (AvgIpc) is 2.48. The fourth-order valence-electron chi connectivity index (χ4n) is 1.13. The molecule has 3 heteroatoms. The summed E-state index contributed by atoms with van der Waals surface area (Å²) in [5.74, 6) is 0.475. The summed E-state index contributed by atoms with van der Waals surface area (Å²) in [4.78, 5) is 0. The molecule has 0 bridgehead atoms. The van der Waals surface area contributed by atoms with Gasteiger partial charge < -0.3 is 9.26 Å². The van der Waals surface area contributed by atoms with Crippen molar-refractivity contribution in [1.82, 2.24) is 5.16 Å². The molecule has 0 saturated carbocycles. The van der Waals surface area contributed by atoms with E-state index in [-0.39, 0.29) is 0 Å². The Hall–Kier alpha value is -0.830. The van der Waals surface area contributed by atoms with Crippen molar-refractivity contribution in [2.75, 3.05) is 13.7 Å². The summed E-state index contributed by atoms with van der Waals surface area (Å²) in [6, 6.07) is 0. The summed E-state index contributed by atoms with van der Waals surface area (Å²) in [5, 5.41) is 3.92. The van der Waals surface area contributed by atoms with E-state index in [0.29, 0.717) is 12.5 Å². The first-order valence-corrected chi connectivity index (χ1v) is 4.17. The molecule has 1 rings (SSSR count). The standard InChI is InChI=1S/C9H15NO2/c1-7(2)8-6-12-10-9(8)4-5-11-3/h6-7H,4-5H2,1-3H3. The van der Waals surface area contributed by atoms with Crippen LogP contribution in [0, 0.1) is 0 Å². The zero-order valence-corrected chi connectivity index (χ0v) is 7.83. The van der Waals surface area contributed by atoms with Gasteiger partial charge in [0.25, 0.3) is 0 Å². The molecular formula is C9H15NO2. The highest BCUT2D eigenvalue weighted by molar-refractivity contribution is 5.18. The second-order valence-corrected chi connectivity index (χ2v) is 3.11. The second-order valence-electron chi connectivity index (χ2n) is 3.11. The molecule has 0 aromatic carbocycles. The van der Waals surface area contributed by atoms with Gasteiger partial charge in [0.15, 0.2) is 0 Å². The Morgan fingerprint density at radius 1 is 1.58 bits per heavy atom. The molecule has 0 N–H and O–H groups in total. The van der Waals surface area contributed by atoms with Gasteiger partial charge in [0.1, 0.15) is 6.26 Å². The molecule has 0 radical (unpaired) electrons. The van der Waals surface area contributed by atoms with Crippen LogP contribution < -0.4 is 0 Å². The summed E-state index contributed by atoms with van der Waals surface area (Å²) in [6.45, 7) is 4.96. The van der Waals surface area contributed by atoms with Crippen molar-refractivity contribution in [1.29, 1.82) is 0 Å². The van der Waals surface area contributed by atoms with Crippen molar-refractivity contribution < 1.29 is 9.26 Å². The van der Waals surface area contributed by atoms with Gasteiger partial charge in [-0.25, -0.2) is 0 Å². The molecule has 0 aliphatic rings. The number of methoxy groups -OCH3 is 1. The van der Waals surface area contributed by atoms with Crippen molar-refractivity contribution in [2.45, 2.75) is 26.2 Å². The van der Waals surface area contributed by atoms with E-state index in [1.165, 1.54) is 5.56 Å². The molecule has 0 atom stereocenters. The first-order valence-electron chi connectivity index (χ1n) is 4.17. The van der Waals surface area contributed by atoms with E-state index < -0.39 is 0 Å². The number of aromatic nitrogens is 1. The summed E-state index contributed by atoms with van der Waals surface area (Å²) < 4.78 is 9.87. The predicted octanol–water partition coefficient (Wildman–Crippen LogP) is 1.99. The first kappa shape index (κ1) is 9.26. The first-order chi connectivity index (χ1) is 5.75. The SMILES string of the molecule is COCCc1nocc1C(C)C. The van der Waals surface area contributed by atoms with Crippen molar-refractivity contribution in [2.24, 2.45) is 0 Å². The molecule has 1 aromatic heterocycles. The van der Waals surface area contributed by atoms with Gasteiger partial charge in [0.05, 0.1) is 12.3 Å². The Morgan fingerprint density at radius 2 is 2.33 bits per heavy atom. The van der Waals surface area contributed by atoms with Gasteiger partial charge in [0.2, 0.25) is 0 Å². The molecule has 0 aliphatic carbocycles. The van der Waals surface area contributed by atoms with E-state index in [1.54, 1.807) is 13.4 Å². The minimum Gasteiger partial charge on any atom is -0.384 e. The summed E-state index contributed by atoms with van der Waals surface area (Å²) >= 11 is 0. The monoisotopic (exact) mass is 169 g/mol. The van der Waals surface area contributed by atoms with Gasteiger partial charge >= 0.3 is 0 Å². The van der Waals surface area contributed by atoms with Crippen molar-refractivity contribution in [3.63, 3.8) is 0 Å². The van der Waals surface area contributed by atoms with Crippen LogP contribution in [0.3, 0.4) is 0 Å². The van der Waals surface area contributed by atoms with Crippen molar-refractivity contribution in [3.05, 3.63) is 17.5 Å². The highest BCUT2D eigenvalue weighted by Crippen LogP contribution is 2.18. The Morgan fingerprint density at radius 3 is 2.92 bits per heavy atom. The fourth-order valence-corrected chi connectivity index (χ4v) is 1.13. The van der Waals surface area contributed by atoms with Crippen LogP contribution in [-0.2, 0) is 11.2 Å². The lowest BCUT2D eigenvalue weighted by atomic mass is 10.0. The number of hydrogen-bond donors (Lipinski definition) is 0. The molecule has 12 heavy (non-hydrogen) atoms. The molecule has 0 amide bonds.